The minimum absolute atomic E-state index is 0.130. The molecule has 0 aromatic carbocycles. The van der Waals surface area contributed by atoms with Crippen molar-refractivity contribution in [1.82, 2.24) is 0 Å². The number of Topliss-reactive ketones (excluding diaryl/α,β-unsaturated/α-hetero) is 1. The molecule has 2 aliphatic rings. The van der Waals surface area contributed by atoms with Gasteiger partial charge in [-0.05, 0) is 25.7 Å². The Balaban J connectivity index is 1.79. The lowest BCUT2D eigenvalue weighted by molar-refractivity contribution is -0.894. The molecule has 0 amide bonds. The van der Waals surface area contributed by atoms with Gasteiger partial charge in [0.05, 0.1) is 6.54 Å². The predicted octanol–water partition coefficient (Wildman–Crippen LogP) is 0.423. The number of ketones is 1. The monoisotopic (exact) mass is 355 g/mol. The number of rotatable bonds is 3. The van der Waals surface area contributed by atoms with Crippen LogP contribution in [0.4, 0.5) is 0 Å². The highest BCUT2D eigenvalue weighted by Gasteiger charge is 2.32. The summed E-state index contributed by atoms with van der Waals surface area (Å²) in [6.07, 6.45) is 4.63. The summed E-state index contributed by atoms with van der Waals surface area (Å²) in [5, 5.41) is 0. The van der Waals surface area contributed by atoms with Gasteiger partial charge in [0, 0.05) is 15.6 Å². The van der Waals surface area contributed by atoms with Gasteiger partial charge in [0.2, 0.25) is 0 Å². The van der Waals surface area contributed by atoms with Crippen LogP contribution in [0.2, 0.25) is 0 Å². The Morgan fingerprint density at radius 2 is 2.06 bits per heavy atom. The molecule has 5 heteroatoms. The van der Waals surface area contributed by atoms with Crippen LogP contribution in [0.1, 0.15) is 25.7 Å². The second-order valence-electron chi connectivity index (χ2n) is 4.79. The normalized spacial score (nSPS) is 39.9. The fourth-order valence-electron chi connectivity index (χ4n) is 2.51. The molecule has 1 heterocycles. The summed E-state index contributed by atoms with van der Waals surface area (Å²) in [6.45, 7) is 1.71. The molecule has 2 fully saturated rings. The van der Waals surface area contributed by atoms with Crippen molar-refractivity contribution >= 4 is 40.1 Å². The maximum Gasteiger partial charge on any atom is 0.189 e. The quantitative estimate of drug-likeness (QED) is 0.570. The van der Waals surface area contributed by atoms with Crippen LogP contribution in [-0.2, 0) is 4.79 Å². The molecule has 2 rings (SSSR count). The summed E-state index contributed by atoms with van der Waals surface area (Å²) in [7, 11) is 0. The van der Waals surface area contributed by atoms with Gasteiger partial charge < -0.3 is 4.90 Å². The molecule has 1 aliphatic carbocycles. The molecule has 0 radical (unpaired) electrons. The van der Waals surface area contributed by atoms with Gasteiger partial charge in [0.15, 0.2) is 11.3 Å². The zero-order chi connectivity index (χ0) is 11.5. The predicted molar refractivity (Wildman–Crippen MR) is 75.9 cm³/mol. The second-order valence-corrected chi connectivity index (χ2v) is 7.80. The number of alkyl halides is 1. The summed E-state index contributed by atoms with van der Waals surface area (Å²) in [5.74, 6) is 1.89. The molecule has 3 nitrogen and oxygen atoms in total. The molecule has 0 bridgehead atoms. The first kappa shape index (κ1) is 13.1. The van der Waals surface area contributed by atoms with E-state index in [1.165, 1.54) is 17.7 Å². The van der Waals surface area contributed by atoms with Crippen LogP contribution in [-0.4, -0.2) is 34.0 Å². The highest BCUT2D eigenvalue weighted by molar-refractivity contribution is 14.1. The van der Waals surface area contributed by atoms with Crippen LogP contribution in [0.15, 0.2) is 0 Å². The summed E-state index contributed by atoms with van der Waals surface area (Å²) >= 11 is 4.29. The van der Waals surface area contributed by atoms with Crippen molar-refractivity contribution in [1.29, 1.82) is 0 Å². The van der Waals surface area contributed by atoms with Gasteiger partial charge in [-0.3, -0.25) is 10.5 Å². The molecule has 92 valence electrons. The first-order valence-corrected chi connectivity index (χ1v) is 8.35. The number of nitrogens with one attached hydrogen (secondary N) is 1. The Bertz CT molecular complexity index is 256. The van der Waals surface area contributed by atoms with E-state index in [9.17, 15) is 4.79 Å². The van der Waals surface area contributed by atoms with Gasteiger partial charge in [-0.1, -0.05) is 34.4 Å². The Morgan fingerprint density at radius 1 is 1.38 bits per heavy atom. The topological polar surface area (TPSA) is 47.5 Å². The molecule has 0 aromatic heterocycles. The van der Waals surface area contributed by atoms with Gasteiger partial charge in [-0.25, -0.2) is 0 Å². The van der Waals surface area contributed by atoms with Crippen molar-refractivity contribution in [3.05, 3.63) is 0 Å². The van der Waals surface area contributed by atoms with Gasteiger partial charge in [0.25, 0.3) is 0 Å². The van der Waals surface area contributed by atoms with Crippen molar-refractivity contribution in [3.8, 4) is 0 Å². The van der Waals surface area contributed by atoms with Gasteiger partial charge in [-0.15, -0.1) is 0 Å². The first-order chi connectivity index (χ1) is 7.66. The molecular weight excluding hydrogens is 335 g/mol. The third kappa shape index (κ3) is 3.34. The lowest BCUT2D eigenvalue weighted by Gasteiger charge is -2.25. The van der Waals surface area contributed by atoms with E-state index in [0.717, 1.165) is 29.1 Å². The van der Waals surface area contributed by atoms with Crippen LogP contribution in [0, 0.1) is 5.92 Å². The number of carbonyl (C=O) groups excluding carboxylic acids is 1. The second kappa shape index (κ2) is 6.02. The number of carbonyl (C=O) groups is 1. The van der Waals surface area contributed by atoms with Crippen LogP contribution in [0.5, 0.6) is 0 Å². The van der Waals surface area contributed by atoms with Crippen LogP contribution < -0.4 is 10.6 Å². The molecule has 1 saturated carbocycles. The van der Waals surface area contributed by atoms with Crippen molar-refractivity contribution in [3.63, 3.8) is 0 Å². The van der Waals surface area contributed by atoms with E-state index < -0.39 is 0 Å². The van der Waals surface area contributed by atoms with Crippen molar-refractivity contribution in [2.24, 2.45) is 11.7 Å². The van der Waals surface area contributed by atoms with E-state index in [4.69, 9.17) is 5.73 Å². The number of halogens is 1. The molecule has 0 spiro atoms. The summed E-state index contributed by atoms with van der Waals surface area (Å²) in [5.41, 5.74) is 6.08. The van der Waals surface area contributed by atoms with E-state index in [1.54, 1.807) is 11.8 Å². The number of quaternary nitrogens is 1. The number of hydrogen-bond acceptors (Lipinski definition) is 3. The van der Waals surface area contributed by atoms with Crippen LogP contribution >= 0.6 is 34.4 Å². The number of nitrogens with two attached hydrogens (primary N) is 1. The molecule has 1 saturated heterocycles. The highest BCUT2D eigenvalue weighted by atomic mass is 127. The van der Waals surface area contributed by atoms with E-state index >= 15 is 0 Å². The number of hydrogen-bond donors (Lipinski definition) is 2. The molecule has 1 aliphatic heterocycles. The summed E-state index contributed by atoms with van der Waals surface area (Å²) < 4.78 is 0.790. The van der Waals surface area contributed by atoms with Crippen molar-refractivity contribution < 1.29 is 9.69 Å². The average Bonchev–Trinajstić information content (AvgIpc) is 2.65. The fourth-order valence-corrected chi connectivity index (χ4v) is 4.30. The third-order valence-corrected chi connectivity index (χ3v) is 6.01. The zero-order valence-corrected chi connectivity index (χ0v) is 12.4. The average molecular weight is 355 g/mol. The van der Waals surface area contributed by atoms with Gasteiger partial charge >= 0.3 is 0 Å². The van der Waals surface area contributed by atoms with E-state index in [-0.39, 0.29) is 5.50 Å². The molecule has 0 aromatic rings. The van der Waals surface area contributed by atoms with Gasteiger partial charge in [-0.2, -0.15) is 0 Å². The molecular formula is C11H20IN2OS+. The summed E-state index contributed by atoms with van der Waals surface area (Å²) in [4.78, 5) is 13.4. The Hall–Kier alpha value is 0.670. The minimum atomic E-state index is 0.130. The van der Waals surface area contributed by atoms with E-state index in [0.29, 0.717) is 18.2 Å². The maximum absolute atomic E-state index is 12.1. The minimum Gasteiger partial charge on any atom is -0.305 e. The number of thioether (sulfide) groups is 1. The van der Waals surface area contributed by atoms with Crippen LogP contribution in [0.3, 0.4) is 0 Å². The van der Waals surface area contributed by atoms with Crippen LogP contribution in [0.25, 0.3) is 0 Å². The fraction of sp³-hybridized carbons (Fsp3) is 0.909. The van der Waals surface area contributed by atoms with Crippen molar-refractivity contribution in [2.45, 2.75) is 35.1 Å². The SMILES string of the molecule is NC1SCC[NH+]1CC(=O)C1CCC(I)CC1. The van der Waals surface area contributed by atoms with E-state index in [2.05, 4.69) is 22.6 Å². The Morgan fingerprint density at radius 3 is 2.62 bits per heavy atom. The molecule has 16 heavy (non-hydrogen) atoms. The highest BCUT2D eigenvalue weighted by Crippen LogP contribution is 2.29. The Kier molecular flexibility index (Phi) is 4.93. The molecule has 2 unspecified atom stereocenters. The van der Waals surface area contributed by atoms with Crippen molar-refractivity contribution in [2.75, 3.05) is 18.8 Å². The zero-order valence-electron chi connectivity index (χ0n) is 9.45. The molecule has 3 N–H and O–H groups in total. The lowest BCUT2D eigenvalue weighted by atomic mass is 9.86. The third-order valence-electron chi connectivity index (χ3n) is 3.64. The lowest BCUT2D eigenvalue weighted by Crippen LogP contribution is -3.16. The largest absolute Gasteiger partial charge is 0.305 e. The van der Waals surface area contributed by atoms with Gasteiger partial charge in [0.1, 0.15) is 6.54 Å². The summed E-state index contributed by atoms with van der Waals surface area (Å²) in [6, 6.07) is 0. The first-order valence-electron chi connectivity index (χ1n) is 6.05. The standard InChI is InChI=1S/C11H19IN2OS/c12-9-3-1-8(2-4-9)10(15)7-14-5-6-16-11(14)13/h8-9,11H,1-7,13H2/p+1. The smallest absolute Gasteiger partial charge is 0.189 e. The van der Waals surface area contributed by atoms with E-state index in [1.807, 2.05) is 0 Å². The maximum atomic E-state index is 12.1. The Labute approximate surface area is 115 Å². The molecule has 2 atom stereocenters.